The zero-order chi connectivity index (χ0) is 17.4. The van der Waals surface area contributed by atoms with Crippen LogP contribution in [0.25, 0.3) is 11.2 Å². The lowest BCUT2D eigenvalue weighted by Gasteiger charge is -2.40. The minimum absolute atomic E-state index is 0.347. The summed E-state index contributed by atoms with van der Waals surface area (Å²) in [6, 6.07) is 1.37. The SMILES string of the molecule is CCCC(c1nc2c(C)c(Br)cnc2n1C)N1C[C@@H](C)N[C@@H](C)C1. The second-order valence-electron chi connectivity index (χ2n) is 7.16. The number of pyridine rings is 1. The Morgan fingerprint density at radius 3 is 2.62 bits per heavy atom. The van der Waals surface area contributed by atoms with Crippen LogP contribution in [0.5, 0.6) is 0 Å². The van der Waals surface area contributed by atoms with E-state index in [1.165, 1.54) is 5.56 Å². The lowest BCUT2D eigenvalue weighted by atomic mass is 10.0. The lowest BCUT2D eigenvalue weighted by Crippen LogP contribution is -2.55. The molecule has 0 bridgehead atoms. The highest BCUT2D eigenvalue weighted by atomic mass is 79.9. The Kier molecular flexibility index (Phi) is 5.27. The van der Waals surface area contributed by atoms with Gasteiger partial charge in [0.2, 0.25) is 0 Å². The molecule has 3 rings (SSSR count). The predicted molar refractivity (Wildman–Crippen MR) is 102 cm³/mol. The third-order valence-corrected chi connectivity index (χ3v) is 5.80. The van der Waals surface area contributed by atoms with Gasteiger partial charge >= 0.3 is 0 Å². The van der Waals surface area contributed by atoms with E-state index in [1.807, 2.05) is 6.20 Å². The fraction of sp³-hybridized carbons (Fsp3) is 0.667. The molecule has 2 aromatic heterocycles. The molecule has 0 radical (unpaired) electrons. The second-order valence-corrected chi connectivity index (χ2v) is 8.01. The van der Waals surface area contributed by atoms with E-state index in [9.17, 15) is 0 Å². The fourth-order valence-electron chi connectivity index (χ4n) is 3.90. The fourth-order valence-corrected chi connectivity index (χ4v) is 4.19. The number of nitrogens with zero attached hydrogens (tertiary/aromatic N) is 4. The van der Waals surface area contributed by atoms with Crippen LogP contribution in [0.2, 0.25) is 0 Å². The monoisotopic (exact) mass is 393 g/mol. The van der Waals surface area contributed by atoms with Crippen molar-refractivity contribution >= 4 is 27.1 Å². The number of piperazine rings is 1. The molecular weight excluding hydrogens is 366 g/mol. The number of hydrogen-bond acceptors (Lipinski definition) is 4. The Hall–Kier alpha value is -0.980. The standard InChI is InChI=1S/C18H28BrN5/c1-6-7-15(24-9-11(2)21-12(3)10-24)17-22-16-13(4)14(19)8-20-18(16)23(17)5/h8,11-12,15,21H,6-7,9-10H2,1-5H3/t11-,12+,15?. The number of aryl methyl sites for hydroxylation is 2. The molecule has 0 aromatic carbocycles. The van der Waals surface area contributed by atoms with Gasteiger partial charge in [-0.2, -0.15) is 0 Å². The second kappa shape index (κ2) is 7.10. The summed E-state index contributed by atoms with van der Waals surface area (Å²) < 4.78 is 3.21. The maximum absolute atomic E-state index is 5.03. The predicted octanol–water partition coefficient (Wildman–Crippen LogP) is 3.56. The van der Waals surface area contributed by atoms with Crippen molar-refractivity contribution in [2.24, 2.45) is 7.05 Å². The Morgan fingerprint density at radius 2 is 2.00 bits per heavy atom. The van der Waals surface area contributed by atoms with Crippen molar-refractivity contribution in [2.45, 2.75) is 58.7 Å². The molecule has 0 spiro atoms. The van der Waals surface area contributed by atoms with E-state index in [-0.39, 0.29) is 0 Å². The van der Waals surface area contributed by atoms with Gasteiger partial charge in [-0.1, -0.05) is 13.3 Å². The smallest absolute Gasteiger partial charge is 0.160 e. The minimum Gasteiger partial charge on any atom is -0.315 e. The van der Waals surface area contributed by atoms with Gasteiger partial charge in [-0.25, -0.2) is 9.97 Å². The van der Waals surface area contributed by atoms with Crippen molar-refractivity contribution in [3.63, 3.8) is 0 Å². The van der Waals surface area contributed by atoms with Crippen molar-refractivity contribution in [1.82, 2.24) is 24.8 Å². The molecule has 1 N–H and O–H groups in total. The number of fused-ring (bicyclic) bond motifs is 1. The van der Waals surface area contributed by atoms with Gasteiger partial charge in [-0.15, -0.1) is 0 Å². The highest BCUT2D eigenvalue weighted by molar-refractivity contribution is 9.10. The molecule has 5 nitrogen and oxygen atoms in total. The quantitative estimate of drug-likeness (QED) is 0.862. The number of rotatable bonds is 4. The molecule has 1 saturated heterocycles. The molecule has 132 valence electrons. The average Bonchev–Trinajstić information content (AvgIpc) is 2.85. The molecule has 1 fully saturated rings. The molecule has 1 aliphatic rings. The highest BCUT2D eigenvalue weighted by Gasteiger charge is 2.30. The van der Waals surface area contributed by atoms with Gasteiger partial charge < -0.3 is 9.88 Å². The summed E-state index contributed by atoms with van der Waals surface area (Å²) in [5.41, 5.74) is 3.15. The maximum atomic E-state index is 5.03. The first kappa shape index (κ1) is 17.8. The summed E-state index contributed by atoms with van der Waals surface area (Å²) in [6.07, 6.45) is 4.15. The maximum Gasteiger partial charge on any atom is 0.160 e. The summed E-state index contributed by atoms with van der Waals surface area (Å²) in [6.45, 7) is 11.0. The molecule has 1 unspecified atom stereocenters. The van der Waals surface area contributed by atoms with Crippen molar-refractivity contribution in [2.75, 3.05) is 13.1 Å². The number of hydrogen-bond donors (Lipinski definition) is 1. The van der Waals surface area contributed by atoms with E-state index in [1.54, 1.807) is 0 Å². The normalized spacial score (nSPS) is 23.8. The molecule has 0 saturated carbocycles. The molecular formula is C18H28BrN5. The van der Waals surface area contributed by atoms with Gasteiger partial charge in [0.05, 0.1) is 6.04 Å². The molecule has 3 atom stereocenters. The third-order valence-electron chi connectivity index (χ3n) is 5.00. The van der Waals surface area contributed by atoms with Gasteiger partial charge in [0.15, 0.2) is 5.65 Å². The zero-order valence-corrected chi connectivity index (χ0v) is 16.9. The van der Waals surface area contributed by atoms with Gasteiger partial charge in [-0.05, 0) is 48.7 Å². The van der Waals surface area contributed by atoms with Gasteiger partial charge in [-0.3, -0.25) is 4.90 Å². The van der Waals surface area contributed by atoms with E-state index in [2.05, 4.69) is 70.4 Å². The number of nitrogens with one attached hydrogen (secondary N) is 1. The summed E-state index contributed by atoms with van der Waals surface area (Å²) >= 11 is 3.58. The molecule has 0 aliphatic carbocycles. The molecule has 3 heterocycles. The zero-order valence-electron chi connectivity index (χ0n) is 15.3. The van der Waals surface area contributed by atoms with Crippen LogP contribution in [0.4, 0.5) is 0 Å². The minimum atomic E-state index is 0.347. The Bertz CT molecular complexity index is 716. The number of imidazole rings is 1. The van der Waals surface area contributed by atoms with E-state index in [4.69, 9.17) is 4.98 Å². The van der Waals surface area contributed by atoms with Crippen molar-refractivity contribution in [3.8, 4) is 0 Å². The van der Waals surface area contributed by atoms with Crippen LogP contribution in [-0.2, 0) is 7.05 Å². The Labute approximate surface area is 153 Å². The van der Waals surface area contributed by atoms with Crippen LogP contribution < -0.4 is 5.32 Å². The van der Waals surface area contributed by atoms with Crippen molar-refractivity contribution < 1.29 is 0 Å². The van der Waals surface area contributed by atoms with E-state index >= 15 is 0 Å². The first-order valence-corrected chi connectivity index (χ1v) is 9.69. The van der Waals surface area contributed by atoms with Gasteiger partial charge in [0.25, 0.3) is 0 Å². The third kappa shape index (κ3) is 3.24. The van der Waals surface area contributed by atoms with Crippen molar-refractivity contribution in [1.29, 1.82) is 0 Å². The van der Waals surface area contributed by atoms with Gasteiger partial charge in [0, 0.05) is 42.9 Å². The molecule has 0 amide bonds. The highest BCUT2D eigenvalue weighted by Crippen LogP contribution is 2.31. The molecule has 2 aromatic rings. The van der Waals surface area contributed by atoms with Crippen LogP contribution in [0.1, 0.15) is 51.0 Å². The largest absolute Gasteiger partial charge is 0.315 e. The summed E-state index contributed by atoms with van der Waals surface area (Å²) in [4.78, 5) is 12.2. The van der Waals surface area contributed by atoms with Crippen LogP contribution in [0.3, 0.4) is 0 Å². The lowest BCUT2D eigenvalue weighted by molar-refractivity contribution is 0.110. The Morgan fingerprint density at radius 1 is 1.33 bits per heavy atom. The molecule has 6 heteroatoms. The summed E-state index contributed by atoms with van der Waals surface area (Å²) in [7, 11) is 2.10. The van der Waals surface area contributed by atoms with E-state index in [0.29, 0.717) is 18.1 Å². The summed E-state index contributed by atoms with van der Waals surface area (Å²) in [5.74, 6) is 1.14. The van der Waals surface area contributed by atoms with Crippen LogP contribution in [0.15, 0.2) is 10.7 Å². The number of aromatic nitrogens is 3. The van der Waals surface area contributed by atoms with Crippen LogP contribution >= 0.6 is 15.9 Å². The number of halogens is 1. The van der Waals surface area contributed by atoms with Crippen molar-refractivity contribution in [3.05, 3.63) is 22.1 Å². The summed E-state index contributed by atoms with van der Waals surface area (Å²) in [5, 5.41) is 3.63. The molecule has 24 heavy (non-hydrogen) atoms. The first-order valence-electron chi connectivity index (χ1n) is 8.89. The van der Waals surface area contributed by atoms with E-state index in [0.717, 1.165) is 47.4 Å². The van der Waals surface area contributed by atoms with Crippen LogP contribution in [0, 0.1) is 6.92 Å². The topological polar surface area (TPSA) is 46.0 Å². The average molecular weight is 394 g/mol. The first-order chi connectivity index (χ1) is 11.4. The Balaban J connectivity index is 2.04. The van der Waals surface area contributed by atoms with Gasteiger partial charge in [0.1, 0.15) is 11.3 Å². The van der Waals surface area contributed by atoms with Crippen LogP contribution in [-0.4, -0.2) is 44.6 Å². The van der Waals surface area contributed by atoms with E-state index < -0.39 is 0 Å². The molecule has 1 aliphatic heterocycles.